The first-order valence-corrected chi connectivity index (χ1v) is 6.14. The van der Waals surface area contributed by atoms with E-state index in [0.29, 0.717) is 10.0 Å². The third-order valence-corrected chi connectivity index (χ3v) is 3.11. The SMILES string of the molecule is O=C(N[C@@H](CO)C(=O)O)c1ccc(Br)cc1Br. The van der Waals surface area contributed by atoms with Crippen LogP contribution >= 0.6 is 31.9 Å². The lowest BCUT2D eigenvalue weighted by atomic mass is 10.2. The van der Waals surface area contributed by atoms with Gasteiger partial charge in [-0.3, -0.25) is 4.79 Å². The van der Waals surface area contributed by atoms with Crippen LogP contribution in [-0.4, -0.2) is 34.7 Å². The van der Waals surface area contributed by atoms with Crippen LogP contribution in [0.15, 0.2) is 27.1 Å². The van der Waals surface area contributed by atoms with E-state index in [-0.39, 0.29) is 0 Å². The Labute approximate surface area is 114 Å². The zero-order valence-electron chi connectivity index (χ0n) is 8.48. The Balaban J connectivity index is 2.86. The number of hydrogen-bond donors (Lipinski definition) is 3. The molecule has 0 aliphatic rings. The summed E-state index contributed by atoms with van der Waals surface area (Å²) in [6.07, 6.45) is 0. The molecule has 0 unspecified atom stereocenters. The van der Waals surface area contributed by atoms with Crippen molar-refractivity contribution >= 4 is 43.7 Å². The van der Waals surface area contributed by atoms with Gasteiger partial charge in [-0.1, -0.05) is 15.9 Å². The van der Waals surface area contributed by atoms with Crippen molar-refractivity contribution in [3.8, 4) is 0 Å². The number of aliphatic carboxylic acids is 1. The fraction of sp³-hybridized carbons (Fsp3) is 0.200. The molecule has 0 radical (unpaired) electrons. The van der Waals surface area contributed by atoms with Crippen molar-refractivity contribution in [2.24, 2.45) is 0 Å². The minimum Gasteiger partial charge on any atom is -0.480 e. The van der Waals surface area contributed by atoms with Crippen molar-refractivity contribution in [2.45, 2.75) is 6.04 Å². The molecular weight excluding hydrogens is 358 g/mol. The van der Waals surface area contributed by atoms with Crippen LogP contribution in [0.2, 0.25) is 0 Å². The summed E-state index contributed by atoms with van der Waals surface area (Å²) in [5, 5.41) is 19.7. The number of carbonyl (C=O) groups excluding carboxylic acids is 1. The molecule has 1 atom stereocenters. The summed E-state index contributed by atoms with van der Waals surface area (Å²) in [6.45, 7) is -0.658. The molecule has 0 spiro atoms. The lowest BCUT2D eigenvalue weighted by Gasteiger charge is -2.12. The Hall–Kier alpha value is -0.920. The molecule has 0 heterocycles. The Morgan fingerprint density at radius 1 is 1.35 bits per heavy atom. The summed E-state index contributed by atoms with van der Waals surface area (Å²) < 4.78 is 1.32. The second-order valence-corrected chi connectivity index (χ2v) is 4.94. The fourth-order valence-electron chi connectivity index (χ4n) is 1.10. The third-order valence-electron chi connectivity index (χ3n) is 1.96. The number of carbonyl (C=O) groups is 2. The second kappa shape index (κ2) is 6.13. The molecule has 1 aromatic carbocycles. The lowest BCUT2D eigenvalue weighted by molar-refractivity contribution is -0.140. The van der Waals surface area contributed by atoms with Gasteiger partial charge in [-0.15, -0.1) is 0 Å². The molecule has 0 fully saturated rings. The predicted octanol–water partition coefficient (Wildman–Crippen LogP) is 1.39. The van der Waals surface area contributed by atoms with E-state index in [4.69, 9.17) is 10.2 Å². The Kier molecular flexibility index (Phi) is 5.10. The first kappa shape index (κ1) is 14.1. The van der Waals surface area contributed by atoms with Gasteiger partial charge in [0.05, 0.1) is 12.2 Å². The van der Waals surface area contributed by atoms with Gasteiger partial charge >= 0.3 is 5.97 Å². The Morgan fingerprint density at radius 2 is 2.00 bits per heavy atom. The number of carboxylic acid groups (broad SMARTS) is 1. The molecule has 1 amide bonds. The minimum atomic E-state index is -1.31. The molecule has 0 aromatic heterocycles. The van der Waals surface area contributed by atoms with E-state index in [1.807, 2.05) is 0 Å². The molecule has 92 valence electrons. The number of halogens is 2. The summed E-state index contributed by atoms with van der Waals surface area (Å²) in [5.74, 6) is -1.85. The molecule has 0 bridgehead atoms. The van der Waals surface area contributed by atoms with Crippen molar-refractivity contribution in [3.05, 3.63) is 32.7 Å². The molecule has 3 N–H and O–H groups in total. The summed E-state index contributed by atoms with van der Waals surface area (Å²) >= 11 is 6.43. The van der Waals surface area contributed by atoms with Crippen molar-refractivity contribution in [2.75, 3.05) is 6.61 Å². The number of amides is 1. The molecule has 0 aliphatic heterocycles. The van der Waals surface area contributed by atoms with Crippen molar-refractivity contribution < 1.29 is 19.8 Å². The van der Waals surface area contributed by atoms with E-state index < -0.39 is 24.5 Å². The maximum Gasteiger partial charge on any atom is 0.328 e. The number of rotatable bonds is 4. The van der Waals surface area contributed by atoms with E-state index in [0.717, 1.165) is 4.47 Å². The highest BCUT2D eigenvalue weighted by molar-refractivity contribution is 9.11. The van der Waals surface area contributed by atoms with Crippen molar-refractivity contribution in [1.82, 2.24) is 5.32 Å². The number of aliphatic hydroxyl groups is 1. The normalized spacial score (nSPS) is 11.9. The van der Waals surface area contributed by atoms with Crippen LogP contribution in [0.3, 0.4) is 0 Å². The van der Waals surface area contributed by atoms with Gasteiger partial charge in [0, 0.05) is 8.95 Å². The molecule has 0 saturated carbocycles. The van der Waals surface area contributed by atoms with Gasteiger partial charge in [-0.2, -0.15) is 0 Å². The smallest absolute Gasteiger partial charge is 0.328 e. The van der Waals surface area contributed by atoms with Crippen LogP contribution in [0.1, 0.15) is 10.4 Å². The first-order chi connectivity index (χ1) is 7.95. The monoisotopic (exact) mass is 365 g/mol. The van der Waals surface area contributed by atoms with E-state index in [1.165, 1.54) is 0 Å². The molecule has 0 saturated heterocycles. The van der Waals surface area contributed by atoms with Crippen molar-refractivity contribution in [1.29, 1.82) is 0 Å². The Bertz CT molecular complexity index is 450. The van der Waals surface area contributed by atoms with Crippen LogP contribution in [-0.2, 0) is 4.79 Å². The highest BCUT2D eigenvalue weighted by Crippen LogP contribution is 2.21. The van der Waals surface area contributed by atoms with Gasteiger partial charge in [0.15, 0.2) is 6.04 Å². The molecule has 0 aliphatic carbocycles. The lowest BCUT2D eigenvalue weighted by Crippen LogP contribution is -2.43. The van der Waals surface area contributed by atoms with Gasteiger partial charge in [-0.05, 0) is 34.1 Å². The Morgan fingerprint density at radius 3 is 2.47 bits per heavy atom. The number of aliphatic hydroxyl groups excluding tert-OH is 1. The summed E-state index contributed by atoms with van der Waals surface area (Å²) in [7, 11) is 0. The van der Waals surface area contributed by atoms with Crippen LogP contribution in [0.5, 0.6) is 0 Å². The van der Waals surface area contributed by atoms with E-state index in [9.17, 15) is 9.59 Å². The highest BCUT2D eigenvalue weighted by Gasteiger charge is 2.20. The van der Waals surface area contributed by atoms with Gasteiger partial charge in [0.25, 0.3) is 5.91 Å². The average Bonchev–Trinajstić information content (AvgIpc) is 2.24. The molecule has 1 aromatic rings. The largest absolute Gasteiger partial charge is 0.480 e. The van der Waals surface area contributed by atoms with Crippen LogP contribution < -0.4 is 5.32 Å². The van der Waals surface area contributed by atoms with Crippen LogP contribution in [0.25, 0.3) is 0 Å². The number of hydrogen-bond acceptors (Lipinski definition) is 3. The summed E-state index contributed by atoms with van der Waals surface area (Å²) in [5.41, 5.74) is 0.299. The zero-order valence-corrected chi connectivity index (χ0v) is 11.7. The first-order valence-electron chi connectivity index (χ1n) is 4.55. The number of benzene rings is 1. The van der Waals surface area contributed by atoms with Gasteiger partial charge in [0.1, 0.15) is 0 Å². The number of nitrogens with one attached hydrogen (secondary N) is 1. The molecule has 7 heteroatoms. The third kappa shape index (κ3) is 3.79. The van der Waals surface area contributed by atoms with Gasteiger partial charge in [0.2, 0.25) is 0 Å². The maximum atomic E-state index is 11.7. The average molecular weight is 367 g/mol. The number of carboxylic acids is 1. The van der Waals surface area contributed by atoms with Gasteiger partial charge < -0.3 is 15.5 Å². The molecule has 17 heavy (non-hydrogen) atoms. The van der Waals surface area contributed by atoms with E-state index in [2.05, 4.69) is 37.2 Å². The minimum absolute atomic E-state index is 0.299. The molecular formula is C10H9Br2NO4. The summed E-state index contributed by atoms with van der Waals surface area (Å²) in [4.78, 5) is 22.4. The molecule has 5 nitrogen and oxygen atoms in total. The quantitative estimate of drug-likeness (QED) is 0.751. The van der Waals surface area contributed by atoms with E-state index >= 15 is 0 Å². The second-order valence-electron chi connectivity index (χ2n) is 3.17. The standard InChI is InChI=1S/C10H9Br2NO4/c11-5-1-2-6(7(12)3-5)9(15)13-8(4-14)10(16)17/h1-3,8,14H,4H2,(H,13,15)(H,16,17)/t8-/m0/s1. The maximum absolute atomic E-state index is 11.7. The van der Waals surface area contributed by atoms with Crippen molar-refractivity contribution in [3.63, 3.8) is 0 Å². The van der Waals surface area contributed by atoms with Gasteiger partial charge in [-0.25, -0.2) is 4.79 Å². The highest BCUT2D eigenvalue weighted by atomic mass is 79.9. The fourth-order valence-corrected chi connectivity index (χ4v) is 2.32. The topological polar surface area (TPSA) is 86.6 Å². The molecule has 1 rings (SSSR count). The van der Waals surface area contributed by atoms with Crippen LogP contribution in [0.4, 0.5) is 0 Å². The summed E-state index contributed by atoms with van der Waals surface area (Å²) in [6, 6.07) is 3.57. The predicted molar refractivity (Wildman–Crippen MR) is 67.8 cm³/mol. The van der Waals surface area contributed by atoms with E-state index in [1.54, 1.807) is 18.2 Å². The van der Waals surface area contributed by atoms with Crippen LogP contribution in [0, 0.1) is 0 Å². The zero-order chi connectivity index (χ0) is 13.0.